The van der Waals surface area contributed by atoms with Gasteiger partial charge in [-0.05, 0) is 19.3 Å². The average molecular weight is 196 g/mol. The molecule has 1 aliphatic carbocycles. The number of β-amino-alcohol motifs (C(OH)–C–C–N with tert-alkyl or cyclic N) is 1. The highest BCUT2D eigenvalue weighted by Gasteiger charge is 2.29. The van der Waals surface area contributed by atoms with Crippen LogP contribution in [0.25, 0.3) is 0 Å². The Morgan fingerprint density at radius 2 is 2.14 bits per heavy atom. The monoisotopic (exact) mass is 196 g/mol. The van der Waals surface area contributed by atoms with Crippen molar-refractivity contribution in [1.29, 1.82) is 0 Å². The van der Waals surface area contributed by atoms with Crippen molar-refractivity contribution in [3.63, 3.8) is 0 Å². The van der Waals surface area contributed by atoms with Gasteiger partial charge in [0.05, 0.1) is 12.1 Å². The number of carbonyl (C=O) groups is 1. The maximum absolute atomic E-state index is 11.6. The number of rotatable bonds is 2. The second-order valence-corrected chi connectivity index (χ2v) is 4.00. The average Bonchev–Trinajstić information content (AvgIpc) is 2.75. The molecule has 14 heavy (non-hydrogen) atoms. The first-order valence-corrected chi connectivity index (χ1v) is 5.12. The molecule has 3 N–H and O–H groups in total. The van der Waals surface area contributed by atoms with E-state index in [-0.39, 0.29) is 24.1 Å². The van der Waals surface area contributed by atoms with E-state index in [1.54, 1.807) is 0 Å². The van der Waals surface area contributed by atoms with Crippen molar-refractivity contribution in [3.8, 4) is 0 Å². The second kappa shape index (κ2) is 4.11. The van der Waals surface area contributed by atoms with Gasteiger partial charge in [0.2, 0.25) is 5.91 Å². The molecule has 4 nitrogen and oxygen atoms in total. The van der Waals surface area contributed by atoms with E-state index in [9.17, 15) is 9.90 Å². The fourth-order valence-electron chi connectivity index (χ4n) is 1.95. The van der Waals surface area contributed by atoms with E-state index >= 15 is 0 Å². The van der Waals surface area contributed by atoms with Gasteiger partial charge in [-0.2, -0.15) is 0 Å². The van der Waals surface area contributed by atoms with Crippen LogP contribution in [-0.4, -0.2) is 35.7 Å². The molecule has 1 amide bonds. The minimum Gasteiger partial charge on any atom is -0.392 e. The molecule has 1 heterocycles. The molecule has 2 unspecified atom stereocenters. The molecule has 0 aromatic rings. The summed E-state index contributed by atoms with van der Waals surface area (Å²) in [6.45, 7) is 0.529. The topological polar surface area (TPSA) is 61.4 Å². The van der Waals surface area contributed by atoms with Gasteiger partial charge in [0.1, 0.15) is 0 Å². The largest absolute Gasteiger partial charge is 0.392 e. The SMILES string of the molecule is O=C(NC1CC=CC1)C1CC(O)CN1. The molecule has 4 heteroatoms. The lowest BCUT2D eigenvalue weighted by molar-refractivity contribution is -0.123. The highest BCUT2D eigenvalue weighted by atomic mass is 16.3. The van der Waals surface area contributed by atoms with Gasteiger partial charge in [0.25, 0.3) is 0 Å². The lowest BCUT2D eigenvalue weighted by Crippen LogP contribution is -2.44. The van der Waals surface area contributed by atoms with Gasteiger partial charge < -0.3 is 15.7 Å². The number of nitrogens with one attached hydrogen (secondary N) is 2. The third-order valence-corrected chi connectivity index (χ3v) is 2.78. The Bertz CT molecular complexity index is 245. The summed E-state index contributed by atoms with van der Waals surface area (Å²) in [6, 6.07) is 0.0626. The Morgan fingerprint density at radius 3 is 2.71 bits per heavy atom. The van der Waals surface area contributed by atoms with Crippen LogP contribution in [0.5, 0.6) is 0 Å². The first kappa shape index (κ1) is 9.68. The van der Waals surface area contributed by atoms with E-state index in [4.69, 9.17) is 0 Å². The number of amides is 1. The Labute approximate surface area is 83.4 Å². The highest BCUT2D eigenvalue weighted by molar-refractivity contribution is 5.82. The standard InChI is InChI=1S/C10H16N2O2/c13-8-5-9(11-6-8)10(14)12-7-3-1-2-4-7/h1-2,7-9,11,13H,3-6H2,(H,12,14). The van der Waals surface area contributed by atoms with Crippen LogP contribution < -0.4 is 10.6 Å². The smallest absolute Gasteiger partial charge is 0.237 e. The fraction of sp³-hybridized carbons (Fsp3) is 0.700. The summed E-state index contributed by atoms with van der Waals surface area (Å²) in [5.41, 5.74) is 0. The number of aliphatic hydroxyl groups excluding tert-OH is 1. The summed E-state index contributed by atoms with van der Waals surface area (Å²) in [7, 11) is 0. The number of hydrogen-bond donors (Lipinski definition) is 3. The van der Waals surface area contributed by atoms with E-state index < -0.39 is 0 Å². The van der Waals surface area contributed by atoms with Crippen LogP contribution in [0.15, 0.2) is 12.2 Å². The van der Waals surface area contributed by atoms with Gasteiger partial charge in [-0.15, -0.1) is 0 Å². The summed E-state index contributed by atoms with van der Waals surface area (Å²) in [5, 5.41) is 15.2. The molecular formula is C10H16N2O2. The van der Waals surface area contributed by atoms with E-state index in [0.717, 1.165) is 12.8 Å². The molecule has 0 aromatic heterocycles. The first-order valence-electron chi connectivity index (χ1n) is 5.12. The zero-order chi connectivity index (χ0) is 9.97. The van der Waals surface area contributed by atoms with E-state index in [1.165, 1.54) is 0 Å². The normalized spacial score (nSPS) is 32.4. The summed E-state index contributed by atoms with van der Waals surface area (Å²) in [6.07, 6.45) is 6.20. The molecule has 0 spiro atoms. The molecule has 0 bridgehead atoms. The summed E-state index contributed by atoms with van der Waals surface area (Å²) >= 11 is 0. The lowest BCUT2D eigenvalue weighted by atomic mass is 10.1. The molecule has 1 fully saturated rings. The van der Waals surface area contributed by atoms with Crippen LogP contribution in [-0.2, 0) is 4.79 Å². The minimum atomic E-state index is -0.368. The van der Waals surface area contributed by atoms with Crippen LogP contribution in [0.2, 0.25) is 0 Å². The predicted molar refractivity (Wildman–Crippen MR) is 52.7 cm³/mol. The lowest BCUT2D eigenvalue weighted by Gasteiger charge is -2.15. The summed E-state index contributed by atoms with van der Waals surface area (Å²) in [5.74, 6) is 0.0234. The third-order valence-electron chi connectivity index (χ3n) is 2.78. The predicted octanol–water partition coefficient (Wildman–Crippen LogP) is -0.456. The van der Waals surface area contributed by atoms with Crippen molar-refractivity contribution >= 4 is 5.91 Å². The van der Waals surface area contributed by atoms with Gasteiger partial charge in [0.15, 0.2) is 0 Å². The van der Waals surface area contributed by atoms with Gasteiger partial charge in [-0.1, -0.05) is 12.2 Å². The molecule has 0 aromatic carbocycles. The molecule has 2 rings (SSSR count). The maximum Gasteiger partial charge on any atom is 0.237 e. The zero-order valence-corrected chi connectivity index (χ0v) is 8.07. The Hall–Kier alpha value is -0.870. The third kappa shape index (κ3) is 2.13. The maximum atomic E-state index is 11.6. The van der Waals surface area contributed by atoms with Crippen molar-refractivity contribution in [1.82, 2.24) is 10.6 Å². The second-order valence-electron chi connectivity index (χ2n) is 4.00. The van der Waals surface area contributed by atoms with E-state index in [0.29, 0.717) is 13.0 Å². The molecular weight excluding hydrogens is 180 g/mol. The van der Waals surface area contributed by atoms with Gasteiger partial charge in [0, 0.05) is 12.6 Å². The summed E-state index contributed by atoms with van der Waals surface area (Å²) in [4.78, 5) is 11.6. The van der Waals surface area contributed by atoms with Crippen LogP contribution >= 0.6 is 0 Å². The van der Waals surface area contributed by atoms with Crippen molar-refractivity contribution in [3.05, 3.63) is 12.2 Å². The molecule has 1 aliphatic heterocycles. The Morgan fingerprint density at radius 1 is 1.43 bits per heavy atom. The zero-order valence-electron chi connectivity index (χ0n) is 8.07. The highest BCUT2D eigenvalue weighted by Crippen LogP contribution is 2.11. The Balaban J connectivity index is 1.78. The van der Waals surface area contributed by atoms with Crippen molar-refractivity contribution in [2.45, 2.75) is 37.5 Å². The molecule has 2 aliphatic rings. The number of hydrogen-bond acceptors (Lipinski definition) is 3. The first-order chi connectivity index (χ1) is 6.75. The van der Waals surface area contributed by atoms with Gasteiger partial charge in [-0.25, -0.2) is 0 Å². The summed E-state index contributed by atoms with van der Waals surface area (Å²) < 4.78 is 0. The van der Waals surface area contributed by atoms with Gasteiger partial charge >= 0.3 is 0 Å². The number of carbonyl (C=O) groups excluding carboxylic acids is 1. The van der Waals surface area contributed by atoms with Crippen LogP contribution in [0.1, 0.15) is 19.3 Å². The number of aliphatic hydroxyl groups is 1. The van der Waals surface area contributed by atoms with Crippen LogP contribution in [0.3, 0.4) is 0 Å². The molecule has 78 valence electrons. The van der Waals surface area contributed by atoms with Gasteiger partial charge in [-0.3, -0.25) is 4.79 Å². The minimum absolute atomic E-state index is 0.0234. The van der Waals surface area contributed by atoms with Crippen LogP contribution in [0.4, 0.5) is 0 Å². The Kier molecular flexibility index (Phi) is 2.84. The van der Waals surface area contributed by atoms with E-state index in [2.05, 4.69) is 22.8 Å². The molecule has 0 radical (unpaired) electrons. The van der Waals surface area contributed by atoms with E-state index in [1.807, 2.05) is 0 Å². The fourth-order valence-corrected chi connectivity index (χ4v) is 1.95. The van der Waals surface area contributed by atoms with Crippen molar-refractivity contribution in [2.24, 2.45) is 0 Å². The van der Waals surface area contributed by atoms with Crippen LogP contribution in [0, 0.1) is 0 Å². The molecule has 1 saturated heterocycles. The molecule has 2 atom stereocenters. The molecule has 0 saturated carbocycles. The van der Waals surface area contributed by atoms with Crippen molar-refractivity contribution < 1.29 is 9.90 Å². The van der Waals surface area contributed by atoms with Crippen molar-refractivity contribution in [2.75, 3.05) is 6.54 Å². The quantitative estimate of drug-likeness (QED) is 0.524.